The number of hydrogen-bond donors (Lipinski definition) is 3. The molecule has 0 bridgehead atoms. The molecule has 14 nitrogen and oxygen atoms in total. The second-order valence-electron chi connectivity index (χ2n) is 12.5. The number of benzene rings is 2. The van der Waals surface area contributed by atoms with Crippen molar-refractivity contribution in [1.82, 2.24) is 25.3 Å². The van der Waals surface area contributed by atoms with E-state index in [1.807, 2.05) is 30.3 Å². The summed E-state index contributed by atoms with van der Waals surface area (Å²) in [5.74, 6) is -2.88. The molecule has 1 unspecified atom stereocenters. The Morgan fingerprint density at radius 3 is 2.24 bits per heavy atom. The predicted octanol–water partition coefficient (Wildman–Crippen LogP) is 1.44. The molecule has 3 N–H and O–H groups in total. The van der Waals surface area contributed by atoms with Crippen LogP contribution in [0.2, 0.25) is 0 Å². The fourth-order valence-electron chi connectivity index (χ4n) is 6.68. The van der Waals surface area contributed by atoms with Crippen LogP contribution < -0.4 is 16.0 Å². The normalized spacial score (nSPS) is 21.8. The zero-order chi connectivity index (χ0) is 34.5. The van der Waals surface area contributed by atoms with E-state index in [9.17, 15) is 33.6 Å². The van der Waals surface area contributed by atoms with Crippen LogP contribution in [-0.4, -0.2) is 114 Å². The van der Waals surface area contributed by atoms with Gasteiger partial charge in [0.25, 0.3) is 11.8 Å². The zero-order valence-electron chi connectivity index (χ0n) is 26.9. The summed E-state index contributed by atoms with van der Waals surface area (Å²) in [6.45, 7) is 5.10. The number of carbonyl (C=O) groups excluding carboxylic acids is 7. The number of ether oxygens (including phenoxy) is 1. The van der Waals surface area contributed by atoms with Crippen LogP contribution in [-0.2, 0) is 23.9 Å². The third-order valence-electron chi connectivity index (χ3n) is 9.36. The molecule has 6 rings (SSSR count). The van der Waals surface area contributed by atoms with Gasteiger partial charge in [-0.15, -0.1) is 0 Å². The summed E-state index contributed by atoms with van der Waals surface area (Å²) in [6, 6.07) is 13.0. The van der Waals surface area contributed by atoms with Crippen molar-refractivity contribution < 1.29 is 38.3 Å². The molecule has 0 aromatic heterocycles. The predicted molar refractivity (Wildman–Crippen MR) is 175 cm³/mol. The molecule has 3 heterocycles. The molecule has 0 radical (unpaired) electrons. The average molecular weight is 671 g/mol. The standard InChI is InChI=1S/C35H38N6O8/c42-28-19-23(22-5-2-1-3-6-22)20-29(43)25(28)21-36-11-12-39-13-15-40(16-14-39)17-18-49-35(48)37-26-8-4-7-24-31(26)34(47)41(33(24)46)27-9-10-30(44)38-32(27)45/h1-8,21,23,27,36H,9-20H2,(H,37,48)(H,38,44,45). The van der Waals surface area contributed by atoms with E-state index in [-0.39, 0.29) is 59.3 Å². The number of fused-ring (bicyclic) bond motifs is 1. The van der Waals surface area contributed by atoms with Crippen molar-refractivity contribution in [3.63, 3.8) is 0 Å². The van der Waals surface area contributed by atoms with Crippen molar-refractivity contribution in [3.05, 3.63) is 77.0 Å². The van der Waals surface area contributed by atoms with Crippen LogP contribution in [0.5, 0.6) is 0 Å². The molecule has 1 atom stereocenters. The number of ketones is 2. The number of nitrogens with zero attached hydrogens (tertiary/aromatic N) is 3. The Morgan fingerprint density at radius 1 is 0.857 bits per heavy atom. The molecule has 256 valence electrons. The third-order valence-corrected chi connectivity index (χ3v) is 9.36. The highest BCUT2D eigenvalue weighted by molar-refractivity contribution is 6.26. The SMILES string of the molecule is O=C1CCC(N2C(=O)c3cccc(NC(=O)OCCN4CCN(CCNC=C5C(=O)CC(c6ccccc6)CC5=O)CC4)c3C2=O)C(=O)N1. The summed E-state index contributed by atoms with van der Waals surface area (Å²) in [5.41, 5.74) is 1.39. The van der Waals surface area contributed by atoms with Crippen molar-refractivity contribution in [1.29, 1.82) is 0 Å². The van der Waals surface area contributed by atoms with E-state index in [2.05, 4.69) is 25.8 Å². The summed E-state index contributed by atoms with van der Waals surface area (Å²) in [5, 5.41) is 7.85. The molecule has 3 aliphatic heterocycles. The second-order valence-corrected chi connectivity index (χ2v) is 12.5. The molecule has 14 heteroatoms. The molecule has 5 amide bonds. The topological polar surface area (TPSA) is 175 Å². The molecule has 2 aromatic rings. The Hall–Kier alpha value is -5.21. The Kier molecular flexibility index (Phi) is 10.3. The molecule has 4 aliphatic rings. The second kappa shape index (κ2) is 14.9. The minimum Gasteiger partial charge on any atom is -0.448 e. The summed E-state index contributed by atoms with van der Waals surface area (Å²) in [4.78, 5) is 93.4. The molecule has 2 saturated heterocycles. The van der Waals surface area contributed by atoms with Gasteiger partial charge in [-0.2, -0.15) is 0 Å². The number of allylic oxidation sites excluding steroid dienone is 1. The van der Waals surface area contributed by atoms with Crippen LogP contribution in [0.15, 0.2) is 60.3 Å². The highest BCUT2D eigenvalue weighted by Crippen LogP contribution is 2.33. The van der Waals surface area contributed by atoms with E-state index in [1.165, 1.54) is 18.2 Å². The minimum absolute atomic E-state index is 0.00864. The summed E-state index contributed by atoms with van der Waals surface area (Å²) in [6.07, 6.45) is 1.49. The molecular formula is C35H38N6O8. The van der Waals surface area contributed by atoms with Crippen molar-refractivity contribution in [3.8, 4) is 0 Å². The Labute approximate surface area is 282 Å². The summed E-state index contributed by atoms with van der Waals surface area (Å²) in [7, 11) is 0. The number of anilines is 1. The van der Waals surface area contributed by atoms with Gasteiger partial charge in [-0.1, -0.05) is 36.4 Å². The highest BCUT2D eigenvalue weighted by Gasteiger charge is 2.45. The number of amides is 5. The van der Waals surface area contributed by atoms with E-state index < -0.39 is 35.8 Å². The highest BCUT2D eigenvalue weighted by atomic mass is 16.5. The van der Waals surface area contributed by atoms with Gasteiger partial charge in [-0.05, 0) is 30.0 Å². The van der Waals surface area contributed by atoms with Crippen LogP contribution in [0.3, 0.4) is 0 Å². The Bertz CT molecular complexity index is 1680. The van der Waals surface area contributed by atoms with Gasteiger partial charge in [0.1, 0.15) is 12.6 Å². The van der Waals surface area contributed by atoms with Crippen molar-refractivity contribution in [2.24, 2.45) is 0 Å². The summed E-state index contributed by atoms with van der Waals surface area (Å²) < 4.78 is 5.37. The van der Waals surface area contributed by atoms with E-state index >= 15 is 0 Å². The summed E-state index contributed by atoms with van der Waals surface area (Å²) >= 11 is 0. The molecule has 2 aromatic carbocycles. The molecule has 0 spiro atoms. The molecule has 3 fully saturated rings. The van der Waals surface area contributed by atoms with Gasteiger partial charge in [0.15, 0.2) is 11.6 Å². The van der Waals surface area contributed by atoms with Gasteiger partial charge in [0, 0.05) is 71.3 Å². The first kappa shape index (κ1) is 33.7. The molecule has 49 heavy (non-hydrogen) atoms. The number of imide groups is 2. The average Bonchev–Trinajstić information content (AvgIpc) is 3.34. The lowest BCUT2D eigenvalue weighted by Crippen LogP contribution is -2.54. The zero-order valence-corrected chi connectivity index (χ0v) is 26.9. The van der Waals surface area contributed by atoms with E-state index in [4.69, 9.17) is 4.74 Å². The lowest BCUT2D eigenvalue weighted by Gasteiger charge is -2.34. The number of Topliss-reactive ketones (excluding diaryl/α,β-unsaturated/α-hetero) is 2. The monoisotopic (exact) mass is 670 g/mol. The maximum Gasteiger partial charge on any atom is 0.411 e. The number of carbonyl (C=O) groups is 7. The lowest BCUT2D eigenvalue weighted by atomic mass is 9.80. The van der Waals surface area contributed by atoms with Gasteiger partial charge in [0.2, 0.25) is 11.8 Å². The van der Waals surface area contributed by atoms with E-state index in [0.717, 1.165) is 43.2 Å². The van der Waals surface area contributed by atoms with Gasteiger partial charge >= 0.3 is 6.09 Å². The van der Waals surface area contributed by atoms with Crippen LogP contribution in [0.1, 0.15) is 57.9 Å². The number of rotatable bonds is 10. The van der Waals surface area contributed by atoms with Crippen LogP contribution in [0.25, 0.3) is 0 Å². The first-order valence-corrected chi connectivity index (χ1v) is 16.5. The lowest BCUT2D eigenvalue weighted by molar-refractivity contribution is -0.136. The number of nitrogens with one attached hydrogen (secondary N) is 3. The van der Waals surface area contributed by atoms with Gasteiger partial charge in [-0.3, -0.25) is 54.1 Å². The molecule has 1 aliphatic carbocycles. The fraction of sp³-hybridized carbons (Fsp3) is 0.400. The van der Waals surface area contributed by atoms with E-state index in [0.29, 0.717) is 25.9 Å². The van der Waals surface area contributed by atoms with Crippen LogP contribution in [0, 0.1) is 0 Å². The van der Waals surface area contributed by atoms with Gasteiger partial charge in [0.05, 0.1) is 22.4 Å². The number of piperazine rings is 1. The quantitative estimate of drug-likeness (QED) is 0.144. The van der Waals surface area contributed by atoms with Crippen molar-refractivity contribution in [2.75, 3.05) is 57.7 Å². The van der Waals surface area contributed by atoms with Gasteiger partial charge < -0.3 is 10.1 Å². The Balaban J connectivity index is 0.896. The smallest absolute Gasteiger partial charge is 0.411 e. The fourth-order valence-corrected chi connectivity index (χ4v) is 6.68. The van der Waals surface area contributed by atoms with Gasteiger partial charge in [-0.25, -0.2) is 4.79 Å². The maximum atomic E-state index is 13.2. The minimum atomic E-state index is -1.11. The number of piperidine rings is 1. The van der Waals surface area contributed by atoms with E-state index in [1.54, 1.807) is 6.20 Å². The first-order chi connectivity index (χ1) is 23.7. The van der Waals surface area contributed by atoms with Crippen LogP contribution >= 0.6 is 0 Å². The maximum absolute atomic E-state index is 13.2. The largest absolute Gasteiger partial charge is 0.448 e. The molecular weight excluding hydrogens is 632 g/mol. The van der Waals surface area contributed by atoms with Crippen molar-refractivity contribution in [2.45, 2.75) is 37.6 Å². The third kappa shape index (κ3) is 7.60. The molecule has 1 saturated carbocycles. The number of hydrogen-bond acceptors (Lipinski definition) is 11. The van der Waals surface area contributed by atoms with Crippen molar-refractivity contribution >= 4 is 47.0 Å². The van der Waals surface area contributed by atoms with Crippen LogP contribution in [0.4, 0.5) is 10.5 Å². The Morgan fingerprint density at radius 2 is 1.55 bits per heavy atom. The first-order valence-electron chi connectivity index (χ1n) is 16.5.